The van der Waals surface area contributed by atoms with E-state index in [9.17, 15) is 14.4 Å². The molecule has 178 valence electrons. The fraction of sp³-hybridized carbons (Fsp3) is 0.280. The lowest BCUT2D eigenvalue weighted by Crippen LogP contribution is -2.28. The van der Waals surface area contributed by atoms with E-state index < -0.39 is 18.5 Å². The van der Waals surface area contributed by atoms with Gasteiger partial charge >= 0.3 is 5.97 Å². The number of rotatable bonds is 10. The summed E-state index contributed by atoms with van der Waals surface area (Å²) in [6, 6.07) is 16.1. The van der Waals surface area contributed by atoms with E-state index in [4.69, 9.17) is 9.26 Å². The molecule has 9 heteroatoms. The number of ether oxygens (including phenoxy) is 1. The van der Waals surface area contributed by atoms with Gasteiger partial charge in [0.25, 0.3) is 11.8 Å². The molecule has 2 aromatic carbocycles. The average Bonchev–Trinajstić information content (AvgIpc) is 3.15. The van der Waals surface area contributed by atoms with Crippen molar-refractivity contribution in [1.82, 2.24) is 10.5 Å². The third kappa shape index (κ3) is 6.95. The van der Waals surface area contributed by atoms with Crippen molar-refractivity contribution in [2.45, 2.75) is 32.6 Å². The van der Waals surface area contributed by atoms with E-state index in [2.05, 4.69) is 15.8 Å². The number of thioether (sulfide) groups is 1. The van der Waals surface area contributed by atoms with Crippen LogP contribution in [0.3, 0.4) is 0 Å². The summed E-state index contributed by atoms with van der Waals surface area (Å²) < 4.78 is 10.2. The van der Waals surface area contributed by atoms with Crippen LogP contribution in [-0.2, 0) is 20.1 Å². The minimum Gasteiger partial charge on any atom is -0.455 e. The van der Waals surface area contributed by atoms with Crippen LogP contribution in [0.5, 0.6) is 0 Å². The van der Waals surface area contributed by atoms with Gasteiger partial charge in [0.1, 0.15) is 5.76 Å². The number of benzene rings is 2. The van der Waals surface area contributed by atoms with Gasteiger partial charge in [-0.25, -0.2) is 0 Å². The Labute approximate surface area is 202 Å². The first kappa shape index (κ1) is 25.0. The SMILES string of the molecule is Cc1noc(C)c1CSCC(=O)OCC(=O)Nc1ccccc1C(=O)N[C@H](C)c1ccccc1. The van der Waals surface area contributed by atoms with Crippen molar-refractivity contribution >= 4 is 35.2 Å². The molecule has 3 aromatic rings. The monoisotopic (exact) mass is 481 g/mol. The number of nitrogens with zero attached hydrogens (tertiary/aromatic N) is 1. The Hall–Kier alpha value is -3.59. The smallest absolute Gasteiger partial charge is 0.316 e. The lowest BCUT2D eigenvalue weighted by molar-refractivity contribution is -0.144. The van der Waals surface area contributed by atoms with E-state index in [0.717, 1.165) is 22.6 Å². The van der Waals surface area contributed by atoms with Crippen molar-refractivity contribution < 1.29 is 23.6 Å². The molecule has 1 aromatic heterocycles. The topological polar surface area (TPSA) is 111 Å². The number of nitrogens with one attached hydrogen (secondary N) is 2. The minimum absolute atomic E-state index is 0.0910. The van der Waals surface area contributed by atoms with Gasteiger partial charge in [-0.2, -0.15) is 0 Å². The number of hydrogen-bond donors (Lipinski definition) is 2. The van der Waals surface area contributed by atoms with Crippen LogP contribution in [0, 0.1) is 13.8 Å². The fourth-order valence-electron chi connectivity index (χ4n) is 3.21. The van der Waals surface area contributed by atoms with Crippen LogP contribution in [0.4, 0.5) is 5.69 Å². The Morgan fingerprint density at radius 3 is 2.47 bits per heavy atom. The summed E-state index contributed by atoms with van der Waals surface area (Å²) in [7, 11) is 0. The van der Waals surface area contributed by atoms with E-state index in [0.29, 0.717) is 17.0 Å². The van der Waals surface area contributed by atoms with Crippen molar-refractivity contribution in [2.24, 2.45) is 0 Å². The van der Waals surface area contributed by atoms with Crippen LogP contribution in [0.2, 0.25) is 0 Å². The van der Waals surface area contributed by atoms with E-state index in [1.807, 2.05) is 51.1 Å². The van der Waals surface area contributed by atoms with Crippen molar-refractivity contribution in [3.05, 3.63) is 82.7 Å². The number of aromatic nitrogens is 1. The summed E-state index contributed by atoms with van der Waals surface area (Å²) in [4.78, 5) is 37.1. The standard InChI is InChI=1S/C25H27N3O5S/c1-16(19-9-5-4-6-10-19)26-25(31)20-11-7-8-12-22(20)27-23(29)13-32-24(30)15-34-14-21-17(2)28-33-18(21)3/h4-12,16H,13-15H2,1-3H3,(H,26,31)(H,27,29)/t16-/m1/s1. The first-order valence-corrected chi connectivity index (χ1v) is 11.9. The lowest BCUT2D eigenvalue weighted by Gasteiger charge is -2.16. The van der Waals surface area contributed by atoms with E-state index >= 15 is 0 Å². The van der Waals surface area contributed by atoms with E-state index in [-0.39, 0.29) is 17.7 Å². The Balaban J connectivity index is 1.48. The second kappa shape index (κ2) is 12.0. The van der Waals surface area contributed by atoms with Gasteiger partial charge in [0, 0.05) is 11.3 Å². The summed E-state index contributed by atoms with van der Waals surface area (Å²) in [5.41, 5.74) is 3.37. The van der Waals surface area contributed by atoms with Crippen LogP contribution in [0.15, 0.2) is 59.1 Å². The summed E-state index contributed by atoms with van der Waals surface area (Å²) >= 11 is 1.35. The molecule has 0 aliphatic rings. The number of para-hydroxylation sites is 1. The molecule has 0 aliphatic carbocycles. The van der Waals surface area contributed by atoms with Gasteiger partial charge in [-0.3, -0.25) is 14.4 Å². The summed E-state index contributed by atoms with van der Waals surface area (Å²) in [5.74, 6) is 0.0219. The lowest BCUT2D eigenvalue weighted by atomic mass is 10.1. The van der Waals surface area contributed by atoms with Crippen molar-refractivity contribution in [1.29, 1.82) is 0 Å². The van der Waals surface area contributed by atoms with Gasteiger partial charge in [0.2, 0.25) is 0 Å². The molecule has 3 rings (SSSR count). The van der Waals surface area contributed by atoms with Crippen LogP contribution in [0.1, 0.15) is 45.9 Å². The zero-order valence-corrected chi connectivity index (χ0v) is 20.1. The Bertz CT molecular complexity index is 1130. The van der Waals surface area contributed by atoms with Crippen molar-refractivity contribution in [3.8, 4) is 0 Å². The van der Waals surface area contributed by atoms with E-state index in [1.54, 1.807) is 24.3 Å². The summed E-state index contributed by atoms with van der Waals surface area (Å²) in [6.45, 7) is 5.10. The molecule has 0 aliphatic heterocycles. The van der Waals surface area contributed by atoms with Gasteiger partial charge in [-0.1, -0.05) is 47.6 Å². The van der Waals surface area contributed by atoms with Crippen molar-refractivity contribution in [2.75, 3.05) is 17.7 Å². The molecule has 0 radical (unpaired) electrons. The maximum atomic E-state index is 12.8. The highest BCUT2D eigenvalue weighted by Crippen LogP contribution is 2.20. The number of amides is 2. The molecular weight excluding hydrogens is 454 g/mol. The number of esters is 1. The molecule has 0 bridgehead atoms. The number of anilines is 1. The molecule has 0 fully saturated rings. The molecule has 1 atom stereocenters. The predicted molar refractivity (Wildman–Crippen MR) is 130 cm³/mol. The molecule has 0 saturated carbocycles. The van der Waals surface area contributed by atoms with Gasteiger partial charge in [0.15, 0.2) is 6.61 Å². The molecular formula is C25H27N3O5S. The first-order chi connectivity index (χ1) is 16.3. The third-order valence-electron chi connectivity index (χ3n) is 5.10. The van der Waals surface area contributed by atoms with Gasteiger partial charge in [0.05, 0.1) is 28.7 Å². The van der Waals surface area contributed by atoms with Crippen LogP contribution < -0.4 is 10.6 Å². The highest BCUT2D eigenvalue weighted by atomic mass is 32.2. The molecule has 1 heterocycles. The molecule has 8 nitrogen and oxygen atoms in total. The van der Waals surface area contributed by atoms with Crippen LogP contribution >= 0.6 is 11.8 Å². The molecule has 0 unspecified atom stereocenters. The molecule has 34 heavy (non-hydrogen) atoms. The Morgan fingerprint density at radius 2 is 1.76 bits per heavy atom. The molecule has 2 N–H and O–H groups in total. The summed E-state index contributed by atoms with van der Waals surface area (Å²) in [5, 5.41) is 9.46. The highest BCUT2D eigenvalue weighted by molar-refractivity contribution is 7.99. The summed E-state index contributed by atoms with van der Waals surface area (Å²) in [6.07, 6.45) is 0. The van der Waals surface area contributed by atoms with E-state index in [1.165, 1.54) is 11.8 Å². The van der Waals surface area contributed by atoms with Crippen molar-refractivity contribution in [3.63, 3.8) is 0 Å². The number of aryl methyl sites for hydroxylation is 2. The van der Waals surface area contributed by atoms with Crippen LogP contribution in [-0.4, -0.2) is 35.3 Å². The highest BCUT2D eigenvalue weighted by Gasteiger charge is 2.17. The number of carbonyl (C=O) groups excluding carboxylic acids is 3. The Morgan fingerprint density at radius 1 is 1.06 bits per heavy atom. The fourth-order valence-corrected chi connectivity index (χ4v) is 4.18. The largest absolute Gasteiger partial charge is 0.455 e. The number of carbonyl (C=O) groups is 3. The van der Waals surface area contributed by atoms with Gasteiger partial charge in [-0.05, 0) is 38.5 Å². The quantitative estimate of drug-likeness (QED) is 0.418. The average molecular weight is 482 g/mol. The number of hydrogen-bond acceptors (Lipinski definition) is 7. The first-order valence-electron chi connectivity index (χ1n) is 10.7. The second-order valence-electron chi connectivity index (χ2n) is 7.66. The third-order valence-corrected chi connectivity index (χ3v) is 6.04. The molecule has 2 amide bonds. The molecule has 0 spiro atoms. The Kier molecular flexibility index (Phi) is 8.86. The van der Waals surface area contributed by atoms with Gasteiger partial charge in [-0.15, -0.1) is 11.8 Å². The zero-order chi connectivity index (χ0) is 24.5. The second-order valence-corrected chi connectivity index (χ2v) is 8.64. The maximum absolute atomic E-state index is 12.8. The van der Waals surface area contributed by atoms with Gasteiger partial charge < -0.3 is 19.9 Å². The maximum Gasteiger partial charge on any atom is 0.316 e. The molecule has 0 saturated heterocycles. The minimum atomic E-state index is -0.527. The normalized spacial score (nSPS) is 11.5. The van der Waals surface area contributed by atoms with Crippen LogP contribution in [0.25, 0.3) is 0 Å². The predicted octanol–water partition coefficient (Wildman–Crippen LogP) is 4.20. The zero-order valence-electron chi connectivity index (χ0n) is 19.3.